The van der Waals surface area contributed by atoms with E-state index < -0.39 is 0 Å². The molecule has 2 aromatic rings. The lowest BCUT2D eigenvalue weighted by atomic mass is 10.2. The Hall–Kier alpha value is -2.53. The third kappa shape index (κ3) is 5.93. The van der Waals surface area contributed by atoms with Gasteiger partial charge < -0.3 is 20.1 Å². The average molecular weight is 328 g/mol. The molecule has 0 saturated carbocycles. The quantitative estimate of drug-likeness (QED) is 0.781. The number of hydrogen-bond donors (Lipinski definition) is 2. The Morgan fingerprint density at radius 1 is 1.08 bits per heavy atom. The summed E-state index contributed by atoms with van der Waals surface area (Å²) in [6.07, 6.45) is 0.161. The summed E-state index contributed by atoms with van der Waals surface area (Å²) in [5.41, 5.74) is 1.82. The molecule has 0 heterocycles. The molecule has 0 spiro atoms. The minimum atomic E-state index is -0.0944. The fourth-order valence-electron chi connectivity index (χ4n) is 2.18. The first-order valence-corrected chi connectivity index (χ1v) is 7.97. The van der Waals surface area contributed by atoms with E-state index in [9.17, 15) is 4.79 Å². The van der Waals surface area contributed by atoms with Gasteiger partial charge in [-0.3, -0.25) is 4.79 Å². The van der Waals surface area contributed by atoms with Gasteiger partial charge in [0.1, 0.15) is 11.5 Å². The van der Waals surface area contributed by atoms with E-state index in [1.807, 2.05) is 56.3 Å². The number of hydrogen-bond acceptors (Lipinski definition) is 4. The van der Waals surface area contributed by atoms with E-state index in [1.54, 1.807) is 13.2 Å². The number of amides is 1. The highest BCUT2D eigenvalue weighted by atomic mass is 16.5. The van der Waals surface area contributed by atoms with Crippen LogP contribution < -0.4 is 20.1 Å². The summed E-state index contributed by atoms with van der Waals surface area (Å²) in [7, 11) is 1.60. The first-order valence-electron chi connectivity index (χ1n) is 7.97. The molecule has 24 heavy (non-hydrogen) atoms. The first-order chi connectivity index (χ1) is 11.6. The van der Waals surface area contributed by atoms with Gasteiger partial charge in [0, 0.05) is 18.3 Å². The smallest absolute Gasteiger partial charge is 0.238 e. The Bertz CT molecular complexity index is 654. The van der Waals surface area contributed by atoms with Crippen LogP contribution in [0.4, 0.5) is 5.69 Å². The molecule has 0 aliphatic heterocycles. The third-order valence-corrected chi connectivity index (χ3v) is 3.26. The van der Waals surface area contributed by atoms with Gasteiger partial charge in [0.25, 0.3) is 0 Å². The van der Waals surface area contributed by atoms with Gasteiger partial charge in [-0.1, -0.05) is 18.2 Å². The van der Waals surface area contributed by atoms with Gasteiger partial charge in [0.15, 0.2) is 0 Å². The fraction of sp³-hybridized carbons (Fsp3) is 0.316. The molecule has 5 nitrogen and oxygen atoms in total. The van der Waals surface area contributed by atoms with Gasteiger partial charge >= 0.3 is 0 Å². The van der Waals surface area contributed by atoms with Crippen LogP contribution in [-0.4, -0.2) is 25.7 Å². The highest BCUT2D eigenvalue weighted by molar-refractivity contribution is 5.92. The molecule has 0 unspecified atom stereocenters. The van der Waals surface area contributed by atoms with E-state index in [2.05, 4.69) is 10.6 Å². The summed E-state index contributed by atoms with van der Waals surface area (Å²) < 4.78 is 10.7. The van der Waals surface area contributed by atoms with E-state index in [4.69, 9.17) is 9.47 Å². The van der Waals surface area contributed by atoms with Crippen molar-refractivity contribution in [2.24, 2.45) is 0 Å². The number of nitrogens with one attached hydrogen (secondary N) is 2. The van der Waals surface area contributed by atoms with Crippen LogP contribution in [0.2, 0.25) is 0 Å². The van der Waals surface area contributed by atoms with Gasteiger partial charge in [-0.15, -0.1) is 0 Å². The Labute approximate surface area is 143 Å². The highest BCUT2D eigenvalue weighted by Gasteiger charge is 2.03. The number of anilines is 1. The van der Waals surface area contributed by atoms with Crippen LogP contribution in [0, 0.1) is 0 Å². The molecule has 0 aliphatic carbocycles. The van der Waals surface area contributed by atoms with Gasteiger partial charge in [-0.05, 0) is 43.7 Å². The molecule has 128 valence electrons. The number of benzene rings is 2. The van der Waals surface area contributed by atoms with E-state index in [0.29, 0.717) is 12.3 Å². The lowest BCUT2D eigenvalue weighted by Crippen LogP contribution is -2.27. The van der Waals surface area contributed by atoms with Gasteiger partial charge in [0.2, 0.25) is 5.91 Å². The van der Waals surface area contributed by atoms with Crippen LogP contribution in [0.15, 0.2) is 48.5 Å². The van der Waals surface area contributed by atoms with Crippen LogP contribution in [0.1, 0.15) is 19.4 Å². The lowest BCUT2D eigenvalue weighted by Gasteiger charge is -2.11. The molecular formula is C19H24N2O3. The second-order valence-electron chi connectivity index (χ2n) is 5.69. The second kappa shape index (κ2) is 8.93. The molecule has 0 aromatic heterocycles. The van der Waals surface area contributed by atoms with Crippen molar-refractivity contribution >= 4 is 11.6 Å². The molecule has 2 aromatic carbocycles. The molecule has 0 atom stereocenters. The largest absolute Gasteiger partial charge is 0.497 e. The Morgan fingerprint density at radius 3 is 2.50 bits per heavy atom. The summed E-state index contributed by atoms with van der Waals surface area (Å²) in [5, 5.41) is 5.96. The number of carbonyl (C=O) groups is 1. The van der Waals surface area contributed by atoms with Crippen LogP contribution in [0.3, 0.4) is 0 Å². The van der Waals surface area contributed by atoms with E-state index in [0.717, 1.165) is 17.0 Å². The monoisotopic (exact) mass is 328 g/mol. The first kappa shape index (κ1) is 17.8. The fourth-order valence-corrected chi connectivity index (χ4v) is 2.18. The zero-order valence-electron chi connectivity index (χ0n) is 14.3. The standard InChI is InChI=1S/C19H24N2O3/c1-14(2)24-17-9-7-15(8-10-17)12-20-13-19(22)21-16-5-4-6-18(11-16)23-3/h4-11,14,20H,12-13H2,1-3H3,(H,21,22). The maximum atomic E-state index is 11.9. The normalized spacial score (nSPS) is 10.5. The Kier molecular flexibility index (Phi) is 6.63. The number of rotatable bonds is 8. The predicted molar refractivity (Wildman–Crippen MR) is 95.5 cm³/mol. The van der Waals surface area contributed by atoms with Crippen molar-refractivity contribution in [2.45, 2.75) is 26.5 Å². The zero-order valence-corrected chi connectivity index (χ0v) is 14.3. The van der Waals surface area contributed by atoms with E-state index in [1.165, 1.54) is 0 Å². The average Bonchev–Trinajstić information content (AvgIpc) is 2.56. The SMILES string of the molecule is COc1cccc(NC(=O)CNCc2ccc(OC(C)C)cc2)c1. The molecular weight excluding hydrogens is 304 g/mol. The van der Waals surface area contributed by atoms with Crippen molar-refractivity contribution in [1.29, 1.82) is 0 Å². The minimum absolute atomic E-state index is 0.0944. The third-order valence-electron chi connectivity index (χ3n) is 3.26. The summed E-state index contributed by atoms with van der Waals surface area (Å²) in [6.45, 7) is 4.85. The number of methoxy groups -OCH3 is 1. The number of carbonyl (C=O) groups excluding carboxylic acids is 1. The summed E-state index contributed by atoms with van der Waals surface area (Å²) in [6, 6.07) is 15.1. The Morgan fingerprint density at radius 2 is 1.83 bits per heavy atom. The number of ether oxygens (including phenoxy) is 2. The van der Waals surface area contributed by atoms with Gasteiger partial charge in [-0.2, -0.15) is 0 Å². The predicted octanol–water partition coefficient (Wildman–Crippen LogP) is 3.21. The Balaban J connectivity index is 1.75. The van der Waals surface area contributed by atoms with Crippen LogP contribution in [0.25, 0.3) is 0 Å². The van der Waals surface area contributed by atoms with Crippen molar-refractivity contribution in [3.63, 3.8) is 0 Å². The highest BCUT2D eigenvalue weighted by Crippen LogP contribution is 2.16. The molecule has 5 heteroatoms. The molecule has 0 aliphatic rings. The molecule has 2 rings (SSSR count). The van der Waals surface area contributed by atoms with Gasteiger partial charge in [0.05, 0.1) is 19.8 Å². The van der Waals surface area contributed by atoms with Crippen molar-refractivity contribution in [2.75, 3.05) is 19.0 Å². The molecule has 1 amide bonds. The van der Waals surface area contributed by atoms with Crippen molar-refractivity contribution < 1.29 is 14.3 Å². The summed E-state index contributed by atoms with van der Waals surface area (Å²) >= 11 is 0. The maximum absolute atomic E-state index is 11.9. The van der Waals surface area contributed by atoms with E-state index >= 15 is 0 Å². The molecule has 2 N–H and O–H groups in total. The zero-order chi connectivity index (χ0) is 17.4. The summed E-state index contributed by atoms with van der Waals surface area (Å²) in [4.78, 5) is 11.9. The summed E-state index contributed by atoms with van der Waals surface area (Å²) in [5.74, 6) is 1.47. The molecule has 0 radical (unpaired) electrons. The molecule has 0 bridgehead atoms. The van der Waals surface area contributed by atoms with Crippen molar-refractivity contribution in [1.82, 2.24) is 5.32 Å². The van der Waals surface area contributed by atoms with Crippen LogP contribution in [0.5, 0.6) is 11.5 Å². The lowest BCUT2D eigenvalue weighted by molar-refractivity contribution is -0.115. The topological polar surface area (TPSA) is 59.6 Å². The second-order valence-corrected chi connectivity index (χ2v) is 5.69. The maximum Gasteiger partial charge on any atom is 0.238 e. The van der Waals surface area contributed by atoms with Crippen LogP contribution >= 0.6 is 0 Å². The van der Waals surface area contributed by atoms with Crippen molar-refractivity contribution in [3.05, 3.63) is 54.1 Å². The van der Waals surface area contributed by atoms with Crippen molar-refractivity contribution in [3.8, 4) is 11.5 Å². The van der Waals surface area contributed by atoms with Crippen LogP contribution in [-0.2, 0) is 11.3 Å². The molecule has 0 saturated heterocycles. The molecule has 0 fully saturated rings. The van der Waals surface area contributed by atoms with E-state index in [-0.39, 0.29) is 18.6 Å². The minimum Gasteiger partial charge on any atom is -0.497 e. The van der Waals surface area contributed by atoms with Gasteiger partial charge in [-0.25, -0.2) is 0 Å².